The van der Waals surface area contributed by atoms with Gasteiger partial charge in [-0.1, -0.05) is 121 Å². The van der Waals surface area contributed by atoms with Gasteiger partial charge in [-0.15, -0.1) is 0 Å². The number of benzene rings is 5. The van der Waals surface area contributed by atoms with Crippen LogP contribution in [0.5, 0.6) is 5.75 Å². The van der Waals surface area contributed by atoms with E-state index in [4.69, 9.17) is 9.72 Å². The summed E-state index contributed by atoms with van der Waals surface area (Å²) in [6.45, 7) is 0.561. The van der Waals surface area contributed by atoms with Crippen LogP contribution in [0, 0.1) is 0 Å². The lowest BCUT2D eigenvalue weighted by Crippen LogP contribution is -2.36. The van der Waals surface area contributed by atoms with Crippen molar-refractivity contribution in [2.24, 2.45) is 0 Å². The lowest BCUT2D eigenvalue weighted by atomic mass is 9.77. The van der Waals surface area contributed by atoms with E-state index in [1.165, 1.54) is 16.7 Å². The third-order valence-electron chi connectivity index (χ3n) is 7.83. The number of aryl methyl sites for hydroxylation is 1. The molecule has 0 radical (unpaired) electrons. The number of ether oxygens (including phenoxy) is 1. The first kappa shape index (κ1) is 27.9. The maximum atomic E-state index is 12.6. The fraction of sp³-hybridized carbons (Fsp3) is 0.128. The second kappa shape index (κ2) is 13.2. The number of hydrogen-bond acceptors (Lipinski definition) is 3. The second-order valence-corrected chi connectivity index (χ2v) is 10.6. The largest absolute Gasteiger partial charge is 0.494 e. The Morgan fingerprint density at radius 1 is 0.651 bits per heavy atom. The van der Waals surface area contributed by atoms with Crippen molar-refractivity contribution in [3.8, 4) is 5.75 Å². The van der Waals surface area contributed by atoms with E-state index in [0.29, 0.717) is 18.6 Å². The number of nitrogens with zero attached hydrogens (tertiary/aromatic N) is 2. The van der Waals surface area contributed by atoms with Gasteiger partial charge >= 0.3 is 0 Å². The minimum Gasteiger partial charge on any atom is -0.494 e. The first-order valence-electron chi connectivity index (χ1n) is 14.7. The van der Waals surface area contributed by atoms with Crippen LogP contribution in [0.1, 0.15) is 44.7 Å². The summed E-state index contributed by atoms with van der Waals surface area (Å²) < 4.78 is 8.26. The number of hydrogen-bond donors (Lipinski definition) is 0. The van der Waals surface area contributed by atoms with Crippen LogP contribution in [0.15, 0.2) is 158 Å². The smallest absolute Gasteiger partial charge is 0.167 e. The molecule has 0 amide bonds. The zero-order chi connectivity index (χ0) is 29.3. The first-order chi connectivity index (χ1) is 21.2. The Labute approximate surface area is 253 Å². The molecule has 0 saturated heterocycles. The molecule has 0 saturated carbocycles. The summed E-state index contributed by atoms with van der Waals surface area (Å²) in [7, 11) is 0. The molecule has 212 valence electrons. The fourth-order valence-electron chi connectivity index (χ4n) is 5.73. The van der Waals surface area contributed by atoms with Crippen molar-refractivity contribution >= 4 is 5.78 Å². The third kappa shape index (κ3) is 6.19. The molecular formula is C39H34N2O2. The van der Waals surface area contributed by atoms with E-state index < -0.39 is 5.54 Å². The van der Waals surface area contributed by atoms with Gasteiger partial charge in [0.25, 0.3) is 0 Å². The number of rotatable bonds is 12. The van der Waals surface area contributed by atoms with Gasteiger partial charge in [0.15, 0.2) is 5.78 Å². The molecule has 6 aromatic rings. The monoisotopic (exact) mass is 562 g/mol. The summed E-state index contributed by atoms with van der Waals surface area (Å²) in [4.78, 5) is 17.5. The molecule has 0 N–H and O–H groups in total. The van der Waals surface area contributed by atoms with Gasteiger partial charge in [-0.05, 0) is 59.4 Å². The maximum Gasteiger partial charge on any atom is 0.167 e. The fourth-order valence-corrected chi connectivity index (χ4v) is 5.73. The molecule has 0 fully saturated rings. The number of aromatic nitrogens is 2. The van der Waals surface area contributed by atoms with Crippen LogP contribution in [0.4, 0.5) is 0 Å². The summed E-state index contributed by atoms with van der Waals surface area (Å²) in [6, 6.07) is 49.1. The molecular weight excluding hydrogens is 528 g/mol. The van der Waals surface area contributed by atoms with Gasteiger partial charge in [-0.2, -0.15) is 0 Å². The zero-order valence-electron chi connectivity index (χ0n) is 24.1. The van der Waals surface area contributed by atoms with E-state index in [-0.39, 0.29) is 5.78 Å². The molecule has 0 unspecified atom stereocenters. The van der Waals surface area contributed by atoms with Crippen LogP contribution in [0.2, 0.25) is 0 Å². The highest BCUT2D eigenvalue weighted by atomic mass is 16.5. The zero-order valence-corrected chi connectivity index (χ0v) is 24.1. The van der Waals surface area contributed by atoms with Gasteiger partial charge in [-0.3, -0.25) is 4.79 Å². The van der Waals surface area contributed by atoms with Crippen LogP contribution >= 0.6 is 0 Å². The first-order valence-corrected chi connectivity index (χ1v) is 14.7. The SMILES string of the molecule is O=C(Cc1ccccc1)c1ccc(OCCCc2cn(C(c3ccccc3)(c3ccccc3)c3ccccc3)cn2)cc1. The molecule has 5 aromatic carbocycles. The predicted molar refractivity (Wildman–Crippen MR) is 172 cm³/mol. The third-order valence-corrected chi connectivity index (χ3v) is 7.83. The Hall–Kier alpha value is -5.22. The molecule has 0 atom stereocenters. The van der Waals surface area contributed by atoms with Crippen molar-refractivity contribution in [1.29, 1.82) is 0 Å². The van der Waals surface area contributed by atoms with Crippen LogP contribution in [0.25, 0.3) is 0 Å². The van der Waals surface area contributed by atoms with Gasteiger partial charge in [0, 0.05) is 18.2 Å². The average Bonchev–Trinajstić information content (AvgIpc) is 3.55. The molecule has 6 rings (SSSR count). The van der Waals surface area contributed by atoms with Gasteiger partial charge < -0.3 is 9.30 Å². The highest BCUT2D eigenvalue weighted by Crippen LogP contribution is 2.40. The molecule has 1 aromatic heterocycles. The summed E-state index contributed by atoms with van der Waals surface area (Å²) >= 11 is 0. The Morgan fingerprint density at radius 3 is 1.70 bits per heavy atom. The second-order valence-electron chi connectivity index (χ2n) is 10.6. The minimum atomic E-state index is -0.564. The highest BCUT2D eigenvalue weighted by molar-refractivity contribution is 5.97. The Morgan fingerprint density at radius 2 is 1.16 bits per heavy atom. The molecule has 0 aliphatic carbocycles. The number of Topliss-reactive ketones (excluding diaryl/α,β-unsaturated/α-hetero) is 1. The lowest BCUT2D eigenvalue weighted by Gasteiger charge is -2.37. The highest BCUT2D eigenvalue weighted by Gasteiger charge is 2.38. The predicted octanol–water partition coefficient (Wildman–Crippen LogP) is 8.16. The van der Waals surface area contributed by atoms with E-state index >= 15 is 0 Å². The molecule has 0 spiro atoms. The Kier molecular flexibility index (Phi) is 8.56. The molecule has 0 aliphatic rings. The van der Waals surface area contributed by atoms with E-state index in [1.54, 1.807) is 0 Å². The molecule has 43 heavy (non-hydrogen) atoms. The maximum absolute atomic E-state index is 12.6. The van der Waals surface area contributed by atoms with Crippen molar-refractivity contribution in [2.45, 2.75) is 24.8 Å². The van der Waals surface area contributed by atoms with Gasteiger partial charge in [0.1, 0.15) is 11.3 Å². The minimum absolute atomic E-state index is 0.103. The van der Waals surface area contributed by atoms with E-state index in [2.05, 4.69) is 102 Å². The van der Waals surface area contributed by atoms with Crippen molar-refractivity contribution < 1.29 is 9.53 Å². The van der Waals surface area contributed by atoms with Crippen molar-refractivity contribution in [3.63, 3.8) is 0 Å². The molecule has 4 heteroatoms. The van der Waals surface area contributed by atoms with E-state index in [0.717, 1.165) is 29.8 Å². The van der Waals surface area contributed by atoms with Crippen molar-refractivity contribution in [1.82, 2.24) is 9.55 Å². The summed E-state index contributed by atoms with van der Waals surface area (Å²) in [5.74, 6) is 0.865. The van der Waals surface area contributed by atoms with Crippen LogP contribution in [-0.4, -0.2) is 21.9 Å². The van der Waals surface area contributed by atoms with Gasteiger partial charge in [0.05, 0.1) is 18.6 Å². The van der Waals surface area contributed by atoms with Crippen LogP contribution < -0.4 is 4.74 Å². The molecule has 4 nitrogen and oxygen atoms in total. The normalized spacial score (nSPS) is 11.3. The molecule has 0 bridgehead atoms. The van der Waals surface area contributed by atoms with Crippen LogP contribution in [-0.2, 0) is 18.4 Å². The summed E-state index contributed by atoms with van der Waals surface area (Å²) in [6.07, 6.45) is 6.12. The Bertz CT molecular complexity index is 1630. The van der Waals surface area contributed by atoms with Crippen molar-refractivity contribution in [3.05, 3.63) is 192 Å². The lowest BCUT2D eigenvalue weighted by molar-refractivity contribution is 0.0993. The van der Waals surface area contributed by atoms with E-state index in [9.17, 15) is 4.79 Å². The van der Waals surface area contributed by atoms with Gasteiger partial charge in [0.2, 0.25) is 0 Å². The van der Waals surface area contributed by atoms with Crippen LogP contribution in [0.3, 0.4) is 0 Å². The van der Waals surface area contributed by atoms with E-state index in [1.807, 2.05) is 60.9 Å². The number of ketones is 1. The topological polar surface area (TPSA) is 44.1 Å². The molecule has 0 aliphatic heterocycles. The standard InChI is InChI=1S/C39H34N2O2/c42-38(28-31-14-5-1-6-15-31)32-23-25-37(26-24-32)43-27-13-22-36-29-41(30-40-36)39(33-16-7-2-8-17-33,34-18-9-3-10-19-34)35-20-11-4-12-21-35/h1-12,14-21,23-26,29-30H,13,22,27-28H2. The number of carbonyl (C=O) groups excluding carboxylic acids is 1. The van der Waals surface area contributed by atoms with Gasteiger partial charge in [-0.25, -0.2) is 4.98 Å². The van der Waals surface area contributed by atoms with Crippen molar-refractivity contribution in [2.75, 3.05) is 6.61 Å². The summed E-state index contributed by atoms with van der Waals surface area (Å²) in [5.41, 5.74) is 5.67. The number of carbonyl (C=O) groups is 1. The average molecular weight is 563 g/mol. The Balaban J connectivity index is 1.15. The quantitative estimate of drug-likeness (QED) is 0.0859. The molecule has 1 heterocycles. The number of imidazole rings is 1. The summed E-state index contributed by atoms with van der Waals surface area (Å²) in [5, 5.41) is 0.